The van der Waals surface area contributed by atoms with Crippen molar-refractivity contribution in [3.63, 3.8) is 0 Å². The maximum Gasteiger partial charge on any atom is 0.217 e. The molecule has 0 unspecified atom stereocenters. The maximum absolute atomic E-state index is 10.5. The number of unbranched alkanes of at least 4 members (excludes halogenated alkanes) is 1. The molecule has 0 saturated carbocycles. The summed E-state index contributed by atoms with van der Waals surface area (Å²) in [6.07, 6.45) is 4.14. The van der Waals surface area contributed by atoms with E-state index < -0.39 is 0 Å². The first-order valence-corrected chi connectivity index (χ1v) is 6.96. The number of nitrogens with zero attached hydrogens (tertiary/aromatic N) is 1. The lowest BCUT2D eigenvalue weighted by Crippen LogP contribution is -2.10. The average Bonchev–Trinajstić information content (AvgIpc) is 2.58. The SMILES string of the molecule is CSc1c(N)nsc1NCCCCC(N)=O. The van der Waals surface area contributed by atoms with E-state index in [2.05, 4.69) is 9.69 Å². The Kier molecular flexibility index (Phi) is 5.41. The second kappa shape index (κ2) is 6.59. The molecule has 0 spiro atoms. The molecule has 0 aliphatic carbocycles. The van der Waals surface area contributed by atoms with Crippen molar-refractivity contribution in [3.05, 3.63) is 0 Å². The van der Waals surface area contributed by atoms with Crippen LogP contribution in [0.2, 0.25) is 0 Å². The molecule has 0 radical (unpaired) electrons. The highest BCUT2D eigenvalue weighted by Gasteiger charge is 2.09. The van der Waals surface area contributed by atoms with Gasteiger partial charge in [-0.15, -0.1) is 11.8 Å². The van der Waals surface area contributed by atoms with Gasteiger partial charge in [0.05, 0.1) is 4.90 Å². The fraction of sp³-hybridized carbons (Fsp3) is 0.556. The Morgan fingerprint density at radius 3 is 2.94 bits per heavy atom. The van der Waals surface area contributed by atoms with Gasteiger partial charge in [-0.25, -0.2) is 0 Å². The molecule has 0 aliphatic rings. The molecule has 1 aromatic heterocycles. The van der Waals surface area contributed by atoms with Gasteiger partial charge in [0.15, 0.2) is 5.82 Å². The van der Waals surface area contributed by atoms with Crippen LogP contribution in [0.15, 0.2) is 4.90 Å². The molecule has 0 atom stereocenters. The van der Waals surface area contributed by atoms with Crippen molar-refractivity contribution in [2.45, 2.75) is 24.2 Å². The molecule has 1 aromatic rings. The van der Waals surface area contributed by atoms with Gasteiger partial charge in [0.1, 0.15) is 5.00 Å². The Balaban J connectivity index is 2.29. The Labute approximate surface area is 103 Å². The van der Waals surface area contributed by atoms with Gasteiger partial charge in [-0.05, 0) is 30.6 Å². The number of anilines is 2. The van der Waals surface area contributed by atoms with E-state index in [4.69, 9.17) is 11.5 Å². The number of thioether (sulfide) groups is 1. The number of rotatable bonds is 7. The Morgan fingerprint density at radius 1 is 1.56 bits per heavy atom. The number of nitrogens with one attached hydrogen (secondary N) is 1. The largest absolute Gasteiger partial charge is 0.382 e. The molecule has 1 rings (SSSR count). The number of amides is 1. The normalized spacial score (nSPS) is 10.3. The monoisotopic (exact) mass is 260 g/mol. The van der Waals surface area contributed by atoms with Crippen LogP contribution in [0.3, 0.4) is 0 Å². The molecule has 5 N–H and O–H groups in total. The second-order valence-electron chi connectivity index (χ2n) is 3.28. The van der Waals surface area contributed by atoms with Crippen molar-refractivity contribution in [2.75, 3.05) is 23.9 Å². The minimum absolute atomic E-state index is 0.244. The number of hydrogen-bond donors (Lipinski definition) is 3. The third-order valence-corrected chi connectivity index (χ3v) is 3.78. The van der Waals surface area contributed by atoms with Gasteiger partial charge < -0.3 is 16.8 Å². The summed E-state index contributed by atoms with van der Waals surface area (Å²) >= 11 is 2.95. The quantitative estimate of drug-likeness (QED) is 0.510. The lowest BCUT2D eigenvalue weighted by Gasteiger charge is -2.04. The zero-order valence-electron chi connectivity index (χ0n) is 9.16. The lowest BCUT2D eigenvalue weighted by molar-refractivity contribution is -0.118. The van der Waals surface area contributed by atoms with Crippen LogP contribution < -0.4 is 16.8 Å². The maximum atomic E-state index is 10.5. The molecular formula is C9H16N4OS2. The Hall–Kier alpha value is -0.950. The van der Waals surface area contributed by atoms with Crippen molar-refractivity contribution in [1.29, 1.82) is 0 Å². The molecule has 0 fully saturated rings. The first-order chi connectivity index (χ1) is 7.65. The average molecular weight is 260 g/mol. The summed E-state index contributed by atoms with van der Waals surface area (Å²) in [6, 6.07) is 0. The number of hydrogen-bond acceptors (Lipinski definition) is 6. The van der Waals surface area contributed by atoms with Crippen LogP contribution in [0.5, 0.6) is 0 Å². The van der Waals surface area contributed by atoms with E-state index in [-0.39, 0.29) is 5.91 Å². The first kappa shape index (κ1) is 13.1. The number of primary amides is 1. The lowest BCUT2D eigenvalue weighted by atomic mass is 10.2. The smallest absolute Gasteiger partial charge is 0.217 e. The molecule has 0 aromatic carbocycles. The topological polar surface area (TPSA) is 94.0 Å². The summed E-state index contributed by atoms with van der Waals surface area (Å²) in [7, 11) is 0. The molecule has 1 heterocycles. The van der Waals surface area contributed by atoms with Crippen molar-refractivity contribution in [2.24, 2.45) is 5.73 Å². The van der Waals surface area contributed by atoms with Crippen LogP contribution >= 0.6 is 23.3 Å². The zero-order chi connectivity index (χ0) is 12.0. The third kappa shape index (κ3) is 3.90. The van der Waals surface area contributed by atoms with Crippen LogP contribution in [0.25, 0.3) is 0 Å². The standard InChI is InChI=1S/C9H16N4OS2/c1-15-7-8(11)13-16-9(7)12-5-3-2-4-6(10)14/h12H,2-5H2,1H3,(H2,10,14)(H2,11,13). The molecule has 0 bridgehead atoms. The van der Waals surface area contributed by atoms with Gasteiger partial charge in [-0.3, -0.25) is 4.79 Å². The first-order valence-electron chi connectivity index (χ1n) is 4.96. The molecule has 0 aliphatic heterocycles. The highest BCUT2D eigenvalue weighted by molar-refractivity contribution is 7.99. The number of nitrogen functional groups attached to an aromatic ring is 1. The molecule has 16 heavy (non-hydrogen) atoms. The van der Waals surface area contributed by atoms with Gasteiger partial charge >= 0.3 is 0 Å². The van der Waals surface area contributed by atoms with E-state index >= 15 is 0 Å². The number of nitrogens with two attached hydrogens (primary N) is 2. The van der Waals surface area contributed by atoms with Crippen LogP contribution in [-0.2, 0) is 4.79 Å². The molecular weight excluding hydrogens is 244 g/mol. The summed E-state index contributed by atoms with van der Waals surface area (Å²) < 4.78 is 4.08. The highest BCUT2D eigenvalue weighted by Crippen LogP contribution is 2.34. The number of aromatic nitrogens is 1. The van der Waals surface area contributed by atoms with E-state index in [9.17, 15) is 4.79 Å². The molecule has 7 heteroatoms. The number of carbonyl (C=O) groups excluding carboxylic acids is 1. The summed E-state index contributed by atoms with van der Waals surface area (Å²) in [6.45, 7) is 0.808. The molecule has 90 valence electrons. The van der Waals surface area contributed by atoms with E-state index in [1.807, 2.05) is 6.26 Å². The van der Waals surface area contributed by atoms with Crippen molar-refractivity contribution >= 4 is 40.0 Å². The summed E-state index contributed by atoms with van der Waals surface area (Å²) in [5.74, 6) is 0.337. The van der Waals surface area contributed by atoms with Gasteiger partial charge in [0.2, 0.25) is 5.91 Å². The second-order valence-corrected chi connectivity index (χ2v) is 4.87. The van der Waals surface area contributed by atoms with E-state index in [0.717, 1.165) is 29.3 Å². The van der Waals surface area contributed by atoms with E-state index in [0.29, 0.717) is 12.2 Å². The third-order valence-electron chi connectivity index (χ3n) is 2.01. The highest BCUT2D eigenvalue weighted by atomic mass is 32.2. The van der Waals surface area contributed by atoms with Crippen molar-refractivity contribution in [3.8, 4) is 0 Å². The van der Waals surface area contributed by atoms with Crippen LogP contribution in [0.4, 0.5) is 10.8 Å². The Bertz CT molecular complexity index is 353. The van der Waals surface area contributed by atoms with Crippen LogP contribution in [0, 0.1) is 0 Å². The van der Waals surface area contributed by atoms with Crippen LogP contribution in [-0.4, -0.2) is 23.1 Å². The predicted octanol–water partition coefficient (Wildman–Crippen LogP) is 1.51. The zero-order valence-corrected chi connectivity index (χ0v) is 10.8. The molecule has 5 nitrogen and oxygen atoms in total. The molecule has 1 amide bonds. The molecule has 0 saturated heterocycles. The Morgan fingerprint density at radius 2 is 2.31 bits per heavy atom. The minimum Gasteiger partial charge on any atom is -0.382 e. The summed E-state index contributed by atoms with van der Waals surface area (Å²) in [5, 5.41) is 4.27. The van der Waals surface area contributed by atoms with Gasteiger partial charge in [0, 0.05) is 13.0 Å². The van der Waals surface area contributed by atoms with Gasteiger partial charge in [0.25, 0.3) is 0 Å². The van der Waals surface area contributed by atoms with Gasteiger partial charge in [-0.2, -0.15) is 4.37 Å². The number of carbonyl (C=O) groups is 1. The fourth-order valence-electron chi connectivity index (χ4n) is 1.23. The summed E-state index contributed by atoms with van der Waals surface area (Å²) in [4.78, 5) is 11.5. The van der Waals surface area contributed by atoms with E-state index in [1.54, 1.807) is 11.8 Å². The summed E-state index contributed by atoms with van der Waals surface area (Å²) in [5.41, 5.74) is 10.7. The van der Waals surface area contributed by atoms with E-state index in [1.165, 1.54) is 11.5 Å². The minimum atomic E-state index is -0.244. The van der Waals surface area contributed by atoms with Crippen molar-refractivity contribution < 1.29 is 4.79 Å². The predicted molar refractivity (Wildman–Crippen MR) is 69.8 cm³/mol. The van der Waals surface area contributed by atoms with Crippen molar-refractivity contribution in [1.82, 2.24) is 4.37 Å². The fourth-order valence-corrected chi connectivity index (χ4v) is 2.80. The van der Waals surface area contributed by atoms with Gasteiger partial charge in [-0.1, -0.05) is 0 Å². The van der Waals surface area contributed by atoms with Crippen LogP contribution in [0.1, 0.15) is 19.3 Å².